The number of carboxylic acids is 1. The minimum absolute atomic E-state index is 0.0503. The van der Waals surface area contributed by atoms with Crippen LogP contribution in [0.4, 0.5) is 0 Å². The molecule has 0 aliphatic heterocycles. The van der Waals surface area contributed by atoms with Crippen molar-refractivity contribution in [1.82, 2.24) is 0 Å². The maximum atomic E-state index is 12.8. The molecule has 0 saturated heterocycles. The number of hydrogen-bond acceptors (Lipinski definition) is 2. The number of carboxylic acid groups (broad SMARTS) is 1. The molecule has 4 fully saturated rings. The molecule has 0 aromatic carbocycles. The minimum atomic E-state index is -0.524. The third kappa shape index (κ3) is 2.87. The van der Waals surface area contributed by atoms with E-state index in [1.165, 1.54) is 12.8 Å². The third-order valence-corrected chi connectivity index (χ3v) is 13.0. The van der Waals surface area contributed by atoms with Crippen LogP contribution in [-0.4, -0.2) is 22.3 Å². The molecule has 0 heterocycles. The highest BCUT2D eigenvalue weighted by molar-refractivity contribution is 5.75. The minimum Gasteiger partial charge on any atom is -0.481 e. The van der Waals surface area contributed by atoms with E-state index in [2.05, 4.69) is 54.5 Å². The van der Waals surface area contributed by atoms with Gasteiger partial charge in [0.15, 0.2) is 0 Å². The molecule has 0 aromatic rings. The molecule has 8 atom stereocenters. The average molecular weight is 457 g/mol. The lowest BCUT2D eigenvalue weighted by Gasteiger charge is -2.70. The zero-order valence-corrected chi connectivity index (χ0v) is 22.3. The van der Waals surface area contributed by atoms with Gasteiger partial charge in [-0.25, -0.2) is 0 Å². The van der Waals surface area contributed by atoms with Crippen molar-refractivity contribution in [3.05, 3.63) is 11.6 Å². The number of hydrogen-bond donors (Lipinski definition) is 2. The SMILES string of the molecule is CC1(C)CC[C@]2(C(=O)O)CC[C@]3(C)[C@@H](CC=C4[C@]5(C)CC[C@@H](O)C(C)(C)[C@H]5CC[C@]43C)[C@@H]2C1. The van der Waals surface area contributed by atoms with Crippen LogP contribution in [-0.2, 0) is 4.79 Å². The van der Waals surface area contributed by atoms with Gasteiger partial charge in [-0.2, -0.15) is 0 Å². The average Bonchev–Trinajstić information content (AvgIpc) is 2.71. The summed E-state index contributed by atoms with van der Waals surface area (Å²) in [6.45, 7) is 16.9. The molecule has 186 valence electrons. The molecule has 0 aromatic heterocycles. The first-order valence-electron chi connectivity index (χ1n) is 13.8. The van der Waals surface area contributed by atoms with Crippen LogP contribution in [0.15, 0.2) is 11.6 Å². The van der Waals surface area contributed by atoms with Gasteiger partial charge in [-0.05, 0) is 109 Å². The molecule has 0 radical (unpaired) electrons. The molecule has 5 aliphatic rings. The van der Waals surface area contributed by atoms with Crippen molar-refractivity contribution in [3.8, 4) is 0 Å². The van der Waals surface area contributed by atoms with Crippen molar-refractivity contribution in [1.29, 1.82) is 0 Å². The van der Waals surface area contributed by atoms with Crippen LogP contribution in [0.5, 0.6) is 0 Å². The van der Waals surface area contributed by atoms with Crippen molar-refractivity contribution in [2.24, 2.45) is 50.2 Å². The van der Waals surface area contributed by atoms with Crippen molar-refractivity contribution in [3.63, 3.8) is 0 Å². The molecule has 4 saturated carbocycles. The Hall–Kier alpha value is -0.830. The van der Waals surface area contributed by atoms with E-state index < -0.39 is 11.4 Å². The quantitative estimate of drug-likeness (QED) is 0.409. The molecule has 0 bridgehead atoms. The number of fused-ring (bicyclic) bond motifs is 7. The van der Waals surface area contributed by atoms with Crippen LogP contribution in [0.2, 0.25) is 0 Å². The van der Waals surface area contributed by atoms with E-state index >= 15 is 0 Å². The van der Waals surface area contributed by atoms with Crippen LogP contribution >= 0.6 is 0 Å². The van der Waals surface area contributed by atoms with Gasteiger partial charge < -0.3 is 10.2 Å². The highest BCUT2D eigenvalue weighted by atomic mass is 16.4. The Bertz CT molecular complexity index is 885. The van der Waals surface area contributed by atoms with Gasteiger partial charge in [-0.3, -0.25) is 4.79 Å². The van der Waals surface area contributed by atoms with E-state index in [-0.39, 0.29) is 39.1 Å². The fourth-order valence-corrected chi connectivity index (χ4v) is 10.6. The zero-order chi connectivity index (χ0) is 24.2. The topological polar surface area (TPSA) is 57.5 Å². The Morgan fingerprint density at radius 2 is 1.55 bits per heavy atom. The molecule has 2 N–H and O–H groups in total. The van der Waals surface area contributed by atoms with E-state index in [0.29, 0.717) is 11.8 Å². The van der Waals surface area contributed by atoms with Gasteiger partial charge >= 0.3 is 5.97 Å². The van der Waals surface area contributed by atoms with Crippen LogP contribution in [0, 0.1) is 50.2 Å². The second kappa shape index (κ2) is 6.89. The predicted molar refractivity (Wildman–Crippen MR) is 133 cm³/mol. The van der Waals surface area contributed by atoms with Crippen molar-refractivity contribution >= 4 is 5.97 Å². The summed E-state index contributed by atoms with van der Waals surface area (Å²) in [6, 6.07) is 0. The molecule has 3 nitrogen and oxygen atoms in total. The highest BCUT2D eigenvalue weighted by Gasteiger charge is 2.69. The monoisotopic (exact) mass is 456 g/mol. The number of aliphatic hydroxyl groups is 1. The number of allylic oxidation sites excluding steroid dienone is 2. The summed E-state index contributed by atoms with van der Waals surface area (Å²) in [5.74, 6) is 0.729. The maximum absolute atomic E-state index is 12.8. The first kappa shape index (κ1) is 23.9. The van der Waals surface area contributed by atoms with E-state index in [9.17, 15) is 15.0 Å². The van der Waals surface area contributed by atoms with E-state index in [1.807, 2.05) is 0 Å². The number of aliphatic hydroxyl groups excluding tert-OH is 1. The molecule has 3 heteroatoms. The first-order valence-corrected chi connectivity index (χ1v) is 13.8. The zero-order valence-electron chi connectivity index (χ0n) is 22.3. The predicted octanol–water partition coefficient (Wildman–Crippen LogP) is 7.23. The molecule has 0 unspecified atom stereocenters. The standard InChI is InChI=1S/C30H48O3/c1-25(2)14-16-30(24(32)33)17-15-28(6)19(20(30)18-25)8-9-22-27(5)12-11-23(31)26(3,4)21(27)10-13-29(22,28)7/h9,19-21,23,31H,8,10-18H2,1-7H3,(H,32,33)/t19-,20-,21+,23+,27+,28+,29+,30-/m0/s1. The number of carbonyl (C=O) groups is 1. The second-order valence-corrected chi connectivity index (χ2v) is 15.0. The summed E-state index contributed by atoms with van der Waals surface area (Å²) >= 11 is 0. The van der Waals surface area contributed by atoms with Crippen LogP contribution in [0.3, 0.4) is 0 Å². The van der Waals surface area contributed by atoms with Gasteiger partial charge in [0.05, 0.1) is 11.5 Å². The Labute approximate surface area is 201 Å². The summed E-state index contributed by atoms with van der Waals surface area (Å²) in [6.07, 6.45) is 12.6. The van der Waals surface area contributed by atoms with E-state index in [0.717, 1.165) is 51.4 Å². The second-order valence-electron chi connectivity index (χ2n) is 15.0. The molecular weight excluding hydrogens is 408 g/mol. The van der Waals surface area contributed by atoms with Crippen molar-refractivity contribution in [2.75, 3.05) is 0 Å². The Morgan fingerprint density at radius 1 is 0.879 bits per heavy atom. The summed E-state index contributed by atoms with van der Waals surface area (Å²) in [5.41, 5.74) is 1.78. The molecule has 0 spiro atoms. The number of aliphatic carboxylic acids is 1. The van der Waals surface area contributed by atoms with Gasteiger partial charge in [0.25, 0.3) is 0 Å². The normalized spacial score (nSPS) is 52.4. The van der Waals surface area contributed by atoms with E-state index in [4.69, 9.17) is 0 Å². The van der Waals surface area contributed by atoms with E-state index in [1.54, 1.807) is 5.57 Å². The summed E-state index contributed by atoms with van der Waals surface area (Å²) < 4.78 is 0. The van der Waals surface area contributed by atoms with Gasteiger partial charge in [0.2, 0.25) is 0 Å². The Kier molecular flexibility index (Phi) is 4.99. The van der Waals surface area contributed by atoms with Crippen LogP contribution in [0.1, 0.15) is 113 Å². The molecule has 33 heavy (non-hydrogen) atoms. The highest BCUT2D eigenvalue weighted by Crippen LogP contribution is 2.75. The molecule has 5 aliphatic carbocycles. The lowest BCUT2D eigenvalue weighted by atomic mass is 9.34. The third-order valence-electron chi connectivity index (χ3n) is 13.0. The van der Waals surface area contributed by atoms with Crippen molar-refractivity contribution in [2.45, 2.75) is 119 Å². The molecular formula is C30H48O3. The maximum Gasteiger partial charge on any atom is 0.309 e. The van der Waals surface area contributed by atoms with Gasteiger partial charge in [-0.1, -0.05) is 60.1 Å². The fraction of sp³-hybridized carbons (Fsp3) is 0.900. The Morgan fingerprint density at radius 3 is 2.21 bits per heavy atom. The molecule has 5 rings (SSSR count). The van der Waals surface area contributed by atoms with Gasteiger partial charge in [0.1, 0.15) is 0 Å². The summed E-state index contributed by atoms with van der Waals surface area (Å²) in [5, 5.41) is 21.4. The van der Waals surface area contributed by atoms with Crippen LogP contribution < -0.4 is 0 Å². The lowest BCUT2D eigenvalue weighted by Crippen LogP contribution is -2.64. The lowest BCUT2D eigenvalue weighted by molar-refractivity contribution is -0.192. The fourth-order valence-electron chi connectivity index (χ4n) is 10.6. The smallest absolute Gasteiger partial charge is 0.309 e. The number of rotatable bonds is 1. The van der Waals surface area contributed by atoms with Gasteiger partial charge in [-0.15, -0.1) is 0 Å². The largest absolute Gasteiger partial charge is 0.481 e. The van der Waals surface area contributed by atoms with Crippen molar-refractivity contribution < 1.29 is 15.0 Å². The first-order chi connectivity index (χ1) is 15.1. The molecule has 0 amide bonds. The summed E-state index contributed by atoms with van der Waals surface area (Å²) in [4.78, 5) is 12.8. The van der Waals surface area contributed by atoms with Crippen LogP contribution in [0.25, 0.3) is 0 Å². The Balaban J connectivity index is 1.60. The summed E-state index contributed by atoms with van der Waals surface area (Å²) in [7, 11) is 0. The van der Waals surface area contributed by atoms with Gasteiger partial charge in [0, 0.05) is 0 Å².